The van der Waals surface area contributed by atoms with E-state index in [1.165, 1.54) is 0 Å². The van der Waals surface area contributed by atoms with Crippen LogP contribution in [0.15, 0.2) is 24.7 Å². The number of β-amino-alcohol motifs (C(OH)–C–C–N with tert-alkyl or cyclic N) is 1. The minimum atomic E-state index is 0.233. The van der Waals surface area contributed by atoms with Gasteiger partial charge in [-0.1, -0.05) is 0 Å². The summed E-state index contributed by atoms with van der Waals surface area (Å²) < 4.78 is 1.85. The van der Waals surface area contributed by atoms with Crippen molar-refractivity contribution in [1.82, 2.24) is 19.5 Å². The van der Waals surface area contributed by atoms with E-state index in [1.807, 2.05) is 16.8 Å². The number of rotatable bonds is 3. The summed E-state index contributed by atoms with van der Waals surface area (Å²) in [7, 11) is 0. The summed E-state index contributed by atoms with van der Waals surface area (Å²) in [5.74, 6) is 0.999. The van der Waals surface area contributed by atoms with Crippen molar-refractivity contribution in [3.05, 3.63) is 24.7 Å². The van der Waals surface area contributed by atoms with Crippen molar-refractivity contribution in [2.24, 2.45) is 0 Å². The number of aromatic nitrogens is 3. The van der Waals surface area contributed by atoms with Gasteiger partial charge < -0.3 is 10.0 Å². The van der Waals surface area contributed by atoms with Crippen LogP contribution in [0.3, 0.4) is 0 Å². The fourth-order valence-electron chi connectivity index (χ4n) is 2.41. The maximum absolute atomic E-state index is 8.94. The third-order valence-electron chi connectivity index (χ3n) is 3.39. The van der Waals surface area contributed by atoms with Crippen molar-refractivity contribution in [2.45, 2.75) is 0 Å². The molecule has 1 N–H and O–H groups in total. The molecule has 1 fully saturated rings. The highest BCUT2D eigenvalue weighted by molar-refractivity contribution is 5.68. The average Bonchev–Trinajstić information content (AvgIpc) is 2.88. The smallest absolute Gasteiger partial charge is 0.154 e. The van der Waals surface area contributed by atoms with Crippen LogP contribution in [-0.4, -0.2) is 63.9 Å². The maximum Gasteiger partial charge on any atom is 0.154 e. The van der Waals surface area contributed by atoms with Crippen LogP contribution in [0.25, 0.3) is 5.52 Å². The topological polar surface area (TPSA) is 56.9 Å². The molecule has 0 unspecified atom stereocenters. The van der Waals surface area contributed by atoms with Gasteiger partial charge in [0.2, 0.25) is 0 Å². The van der Waals surface area contributed by atoms with Crippen LogP contribution in [0.5, 0.6) is 0 Å². The number of aliphatic hydroxyl groups is 1. The van der Waals surface area contributed by atoms with E-state index < -0.39 is 0 Å². The first-order valence-electron chi connectivity index (χ1n) is 6.25. The lowest BCUT2D eigenvalue weighted by Crippen LogP contribution is -2.47. The molecule has 6 nitrogen and oxygen atoms in total. The maximum atomic E-state index is 8.94. The van der Waals surface area contributed by atoms with Gasteiger partial charge in [-0.25, -0.2) is 9.50 Å². The minimum absolute atomic E-state index is 0.233. The molecule has 0 aliphatic carbocycles. The van der Waals surface area contributed by atoms with Crippen molar-refractivity contribution in [3.8, 4) is 0 Å². The fourth-order valence-corrected chi connectivity index (χ4v) is 2.41. The van der Waals surface area contributed by atoms with Gasteiger partial charge in [-0.15, -0.1) is 0 Å². The van der Waals surface area contributed by atoms with Crippen LogP contribution < -0.4 is 4.90 Å². The Morgan fingerprint density at radius 1 is 1.17 bits per heavy atom. The zero-order valence-corrected chi connectivity index (χ0v) is 10.2. The van der Waals surface area contributed by atoms with Crippen molar-refractivity contribution in [3.63, 3.8) is 0 Å². The number of nitrogens with zero attached hydrogens (tertiary/aromatic N) is 5. The van der Waals surface area contributed by atoms with E-state index in [4.69, 9.17) is 5.11 Å². The van der Waals surface area contributed by atoms with E-state index in [1.54, 1.807) is 12.4 Å². The lowest BCUT2D eigenvalue weighted by atomic mass is 10.3. The van der Waals surface area contributed by atoms with Crippen molar-refractivity contribution in [2.75, 3.05) is 44.2 Å². The second-order valence-electron chi connectivity index (χ2n) is 4.46. The second kappa shape index (κ2) is 4.91. The largest absolute Gasteiger partial charge is 0.395 e. The van der Waals surface area contributed by atoms with Crippen LogP contribution >= 0.6 is 0 Å². The summed E-state index contributed by atoms with van der Waals surface area (Å²) in [4.78, 5) is 9.02. The number of anilines is 1. The summed E-state index contributed by atoms with van der Waals surface area (Å²) in [6, 6.07) is 1.99. The SMILES string of the molecule is OCCN1CCN(c2nccn3nccc23)CC1. The Bertz CT molecular complexity index is 518. The molecule has 1 saturated heterocycles. The Morgan fingerprint density at radius 3 is 2.78 bits per heavy atom. The van der Waals surface area contributed by atoms with E-state index in [0.29, 0.717) is 0 Å². The molecule has 1 aliphatic rings. The lowest BCUT2D eigenvalue weighted by Gasteiger charge is -2.35. The highest BCUT2D eigenvalue weighted by Crippen LogP contribution is 2.19. The van der Waals surface area contributed by atoms with Crippen LogP contribution in [-0.2, 0) is 0 Å². The summed E-state index contributed by atoms with van der Waals surface area (Å²) in [6.45, 7) is 4.82. The Morgan fingerprint density at radius 2 is 2.00 bits per heavy atom. The van der Waals surface area contributed by atoms with E-state index in [-0.39, 0.29) is 6.61 Å². The van der Waals surface area contributed by atoms with E-state index in [0.717, 1.165) is 44.1 Å². The third kappa shape index (κ3) is 2.04. The Labute approximate surface area is 105 Å². The zero-order chi connectivity index (χ0) is 12.4. The first-order chi connectivity index (χ1) is 8.88. The number of hydrogen-bond donors (Lipinski definition) is 1. The molecule has 6 heteroatoms. The van der Waals surface area contributed by atoms with Gasteiger partial charge in [-0.05, 0) is 6.07 Å². The molecular formula is C12H17N5O. The van der Waals surface area contributed by atoms with Gasteiger partial charge >= 0.3 is 0 Å². The molecule has 0 radical (unpaired) electrons. The van der Waals surface area contributed by atoms with Gasteiger partial charge in [-0.2, -0.15) is 5.10 Å². The molecule has 0 spiro atoms. The quantitative estimate of drug-likeness (QED) is 0.817. The monoisotopic (exact) mass is 247 g/mol. The Hall–Kier alpha value is -1.66. The molecule has 18 heavy (non-hydrogen) atoms. The van der Waals surface area contributed by atoms with Gasteiger partial charge in [0, 0.05) is 45.1 Å². The van der Waals surface area contributed by atoms with E-state index in [2.05, 4.69) is 19.9 Å². The summed E-state index contributed by atoms with van der Waals surface area (Å²) >= 11 is 0. The standard InChI is InChI=1S/C12H17N5O/c18-10-9-15-5-7-16(8-6-15)12-11-1-2-14-17(11)4-3-13-12/h1-4,18H,5-10H2. The molecule has 0 atom stereocenters. The molecule has 2 aromatic rings. The number of hydrogen-bond acceptors (Lipinski definition) is 5. The summed E-state index contributed by atoms with van der Waals surface area (Å²) in [5.41, 5.74) is 1.05. The highest BCUT2D eigenvalue weighted by atomic mass is 16.3. The third-order valence-corrected chi connectivity index (χ3v) is 3.39. The second-order valence-corrected chi connectivity index (χ2v) is 4.46. The predicted octanol–water partition coefficient (Wildman–Crippen LogP) is -0.156. The summed E-state index contributed by atoms with van der Waals surface area (Å²) in [6.07, 6.45) is 5.44. The van der Waals surface area contributed by atoms with E-state index in [9.17, 15) is 0 Å². The molecule has 3 rings (SSSR count). The zero-order valence-electron chi connectivity index (χ0n) is 10.2. The molecule has 2 aromatic heterocycles. The summed E-state index contributed by atoms with van der Waals surface area (Å²) in [5, 5.41) is 13.2. The molecule has 0 bridgehead atoms. The molecule has 0 aromatic carbocycles. The molecule has 1 aliphatic heterocycles. The van der Waals surface area contributed by atoms with Crippen LogP contribution in [0.2, 0.25) is 0 Å². The minimum Gasteiger partial charge on any atom is -0.395 e. The molecule has 0 saturated carbocycles. The fraction of sp³-hybridized carbons (Fsp3) is 0.500. The predicted molar refractivity (Wildman–Crippen MR) is 68.7 cm³/mol. The van der Waals surface area contributed by atoms with Gasteiger partial charge in [0.15, 0.2) is 5.82 Å². The van der Waals surface area contributed by atoms with Gasteiger partial charge in [0.05, 0.1) is 12.8 Å². The van der Waals surface area contributed by atoms with Gasteiger partial charge in [0.25, 0.3) is 0 Å². The van der Waals surface area contributed by atoms with Gasteiger partial charge in [0.1, 0.15) is 5.52 Å². The first kappa shape index (κ1) is 11.4. The Balaban J connectivity index is 1.78. The molecular weight excluding hydrogens is 230 g/mol. The van der Waals surface area contributed by atoms with Crippen molar-refractivity contribution in [1.29, 1.82) is 0 Å². The van der Waals surface area contributed by atoms with Gasteiger partial charge in [-0.3, -0.25) is 4.90 Å². The van der Waals surface area contributed by atoms with Crippen molar-refractivity contribution >= 4 is 11.3 Å². The first-order valence-corrected chi connectivity index (χ1v) is 6.25. The number of aliphatic hydroxyl groups excluding tert-OH is 1. The van der Waals surface area contributed by atoms with Crippen LogP contribution in [0, 0.1) is 0 Å². The molecule has 3 heterocycles. The average molecular weight is 247 g/mol. The number of fused-ring (bicyclic) bond motifs is 1. The van der Waals surface area contributed by atoms with Crippen molar-refractivity contribution < 1.29 is 5.11 Å². The molecule has 0 amide bonds. The van der Waals surface area contributed by atoms with E-state index >= 15 is 0 Å². The lowest BCUT2D eigenvalue weighted by molar-refractivity contribution is 0.188. The number of piperazine rings is 1. The molecule has 96 valence electrons. The van der Waals surface area contributed by atoms with Crippen LogP contribution in [0.4, 0.5) is 5.82 Å². The normalized spacial score (nSPS) is 17.5. The Kier molecular flexibility index (Phi) is 3.12. The van der Waals surface area contributed by atoms with Crippen LogP contribution in [0.1, 0.15) is 0 Å². The highest BCUT2D eigenvalue weighted by Gasteiger charge is 2.19.